The van der Waals surface area contributed by atoms with Gasteiger partial charge in [0.05, 0.1) is 0 Å². The van der Waals surface area contributed by atoms with Crippen LogP contribution in [-0.4, -0.2) is 11.1 Å². The number of nitrogens with zero attached hydrogens (tertiary/aromatic N) is 1. The highest BCUT2D eigenvalue weighted by Crippen LogP contribution is 2.42. The van der Waals surface area contributed by atoms with Crippen LogP contribution in [0.5, 0.6) is 0 Å². The zero-order chi connectivity index (χ0) is 11.8. The molecule has 1 aliphatic rings. The Morgan fingerprint density at radius 3 is 2.38 bits per heavy atom. The van der Waals surface area contributed by atoms with Crippen LogP contribution < -0.4 is 5.73 Å². The van der Waals surface area contributed by atoms with E-state index in [4.69, 9.17) is 5.73 Å². The van der Waals surface area contributed by atoms with Crippen LogP contribution >= 0.6 is 0 Å². The van der Waals surface area contributed by atoms with Crippen LogP contribution in [0.3, 0.4) is 0 Å². The number of aromatic nitrogens is 1. The topological polar surface area (TPSA) is 30.9 Å². The minimum absolute atomic E-state index is 0.287. The lowest BCUT2D eigenvalue weighted by atomic mass is 9.79. The van der Waals surface area contributed by atoms with E-state index in [9.17, 15) is 0 Å². The Labute approximate surface area is 98.8 Å². The van der Waals surface area contributed by atoms with Gasteiger partial charge in [-0.15, -0.1) is 0 Å². The van der Waals surface area contributed by atoms with Crippen LogP contribution in [0, 0.1) is 13.8 Å². The fourth-order valence-electron chi connectivity index (χ4n) is 3.46. The van der Waals surface area contributed by atoms with Crippen molar-refractivity contribution in [3.8, 4) is 0 Å². The van der Waals surface area contributed by atoms with Crippen molar-refractivity contribution in [1.82, 2.24) is 4.57 Å². The highest BCUT2D eigenvalue weighted by molar-refractivity contribution is 5.35. The molecule has 2 rings (SSSR count). The van der Waals surface area contributed by atoms with E-state index in [0.29, 0.717) is 0 Å². The number of aryl methyl sites for hydroxylation is 1. The van der Waals surface area contributed by atoms with Gasteiger partial charge in [0, 0.05) is 29.9 Å². The molecule has 1 fully saturated rings. The Hall–Kier alpha value is -0.760. The molecule has 0 unspecified atom stereocenters. The van der Waals surface area contributed by atoms with Crippen molar-refractivity contribution in [3.63, 3.8) is 0 Å². The van der Waals surface area contributed by atoms with Crippen molar-refractivity contribution in [2.24, 2.45) is 5.73 Å². The molecule has 0 bridgehead atoms. The molecule has 0 radical (unpaired) electrons. The minimum Gasteiger partial charge on any atom is -0.349 e. The van der Waals surface area contributed by atoms with E-state index in [1.54, 1.807) is 0 Å². The Morgan fingerprint density at radius 1 is 1.31 bits per heavy atom. The van der Waals surface area contributed by atoms with E-state index in [1.165, 1.54) is 42.6 Å². The molecule has 0 saturated heterocycles. The van der Waals surface area contributed by atoms with Gasteiger partial charge in [-0.25, -0.2) is 0 Å². The monoisotopic (exact) mass is 220 g/mol. The van der Waals surface area contributed by atoms with E-state index in [1.807, 2.05) is 0 Å². The molecule has 2 heteroatoms. The van der Waals surface area contributed by atoms with Gasteiger partial charge in [0.2, 0.25) is 0 Å². The Kier molecular flexibility index (Phi) is 3.11. The summed E-state index contributed by atoms with van der Waals surface area (Å²) in [5.41, 5.74) is 10.7. The summed E-state index contributed by atoms with van der Waals surface area (Å²) >= 11 is 0. The second-order valence-corrected chi connectivity index (χ2v) is 5.22. The quantitative estimate of drug-likeness (QED) is 0.834. The number of rotatable bonds is 3. The molecule has 0 amide bonds. The largest absolute Gasteiger partial charge is 0.349 e. The van der Waals surface area contributed by atoms with Crippen LogP contribution in [0.1, 0.15) is 49.6 Å². The fraction of sp³-hybridized carbons (Fsp3) is 0.714. The first kappa shape index (κ1) is 11.7. The highest BCUT2D eigenvalue weighted by atomic mass is 15.0. The Morgan fingerprint density at radius 2 is 1.94 bits per heavy atom. The summed E-state index contributed by atoms with van der Waals surface area (Å²) in [6.07, 6.45) is 5.23. The fourth-order valence-corrected chi connectivity index (χ4v) is 3.46. The minimum atomic E-state index is 0.287. The number of nitrogens with two attached hydrogens (primary N) is 1. The van der Waals surface area contributed by atoms with Crippen LogP contribution in [0.2, 0.25) is 0 Å². The van der Waals surface area contributed by atoms with Crippen LogP contribution in [0.4, 0.5) is 0 Å². The number of hydrogen-bond donors (Lipinski definition) is 1. The first-order chi connectivity index (χ1) is 7.64. The smallest absolute Gasteiger partial charge is 0.0196 e. The average Bonchev–Trinajstić information content (AvgIpc) is 2.85. The van der Waals surface area contributed by atoms with Crippen molar-refractivity contribution in [3.05, 3.63) is 23.0 Å². The maximum Gasteiger partial charge on any atom is 0.0196 e. The molecule has 16 heavy (non-hydrogen) atoms. The van der Waals surface area contributed by atoms with Crippen LogP contribution in [-0.2, 0) is 12.0 Å². The lowest BCUT2D eigenvalue weighted by molar-refractivity contribution is 0.449. The summed E-state index contributed by atoms with van der Waals surface area (Å²) in [5, 5.41) is 0. The van der Waals surface area contributed by atoms with Gasteiger partial charge in [0.1, 0.15) is 0 Å². The summed E-state index contributed by atoms with van der Waals surface area (Å²) in [7, 11) is 0. The van der Waals surface area contributed by atoms with Gasteiger partial charge in [-0.3, -0.25) is 0 Å². The molecular formula is C14H24N2. The maximum atomic E-state index is 6.06. The molecule has 2 N–H and O–H groups in total. The summed E-state index contributed by atoms with van der Waals surface area (Å²) in [5.74, 6) is 0. The van der Waals surface area contributed by atoms with Crippen molar-refractivity contribution in [2.75, 3.05) is 6.54 Å². The average molecular weight is 220 g/mol. The van der Waals surface area contributed by atoms with Gasteiger partial charge >= 0.3 is 0 Å². The first-order valence-electron chi connectivity index (χ1n) is 6.52. The lowest BCUT2D eigenvalue weighted by Crippen LogP contribution is -2.32. The van der Waals surface area contributed by atoms with Crippen molar-refractivity contribution in [1.29, 1.82) is 0 Å². The molecule has 2 nitrogen and oxygen atoms in total. The zero-order valence-electron chi connectivity index (χ0n) is 10.8. The first-order valence-corrected chi connectivity index (χ1v) is 6.52. The predicted molar refractivity (Wildman–Crippen MR) is 68.8 cm³/mol. The van der Waals surface area contributed by atoms with E-state index in [2.05, 4.69) is 31.4 Å². The van der Waals surface area contributed by atoms with Gasteiger partial charge in [0.15, 0.2) is 0 Å². The SMILES string of the molecule is CCn1c(C)cc(C2(CN)CCCC2)c1C. The summed E-state index contributed by atoms with van der Waals surface area (Å²) in [6.45, 7) is 8.55. The molecule has 0 aliphatic heterocycles. The standard InChI is InChI=1S/C14H24N2/c1-4-16-11(2)9-13(12(16)3)14(10-15)7-5-6-8-14/h9H,4-8,10,15H2,1-3H3. The molecule has 1 aromatic rings. The second kappa shape index (κ2) is 4.25. The Balaban J connectivity index is 2.46. The van der Waals surface area contributed by atoms with Gasteiger partial charge in [0.25, 0.3) is 0 Å². The molecular weight excluding hydrogens is 196 g/mol. The van der Waals surface area contributed by atoms with Crippen molar-refractivity contribution < 1.29 is 0 Å². The third-order valence-corrected chi connectivity index (χ3v) is 4.41. The van der Waals surface area contributed by atoms with E-state index in [0.717, 1.165) is 13.1 Å². The normalized spacial score (nSPS) is 19.2. The van der Waals surface area contributed by atoms with Gasteiger partial charge < -0.3 is 10.3 Å². The van der Waals surface area contributed by atoms with Crippen molar-refractivity contribution in [2.45, 2.75) is 58.4 Å². The predicted octanol–water partition coefficient (Wildman–Crippen LogP) is 2.90. The van der Waals surface area contributed by atoms with Crippen LogP contribution in [0.25, 0.3) is 0 Å². The van der Waals surface area contributed by atoms with Crippen molar-refractivity contribution >= 4 is 0 Å². The molecule has 1 heterocycles. The third-order valence-electron chi connectivity index (χ3n) is 4.41. The summed E-state index contributed by atoms with van der Waals surface area (Å²) in [4.78, 5) is 0. The van der Waals surface area contributed by atoms with E-state index >= 15 is 0 Å². The molecule has 1 aromatic heterocycles. The third kappa shape index (κ3) is 1.60. The van der Waals surface area contributed by atoms with Crippen LogP contribution in [0.15, 0.2) is 6.07 Å². The second-order valence-electron chi connectivity index (χ2n) is 5.22. The highest BCUT2D eigenvalue weighted by Gasteiger charge is 2.36. The Bertz CT molecular complexity index is 370. The maximum absolute atomic E-state index is 6.06. The zero-order valence-corrected chi connectivity index (χ0v) is 10.8. The van der Waals surface area contributed by atoms with Gasteiger partial charge in [-0.05, 0) is 45.2 Å². The van der Waals surface area contributed by atoms with Gasteiger partial charge in [-0.2, -0.15) is 0 Å². The summed E-state index contributed by atoms with van der Waals surface area (Å²) in [6, 6.07) is 2.37. The molecule has 0 spiro atoms. The van der Waals surface area contributed by atoms with E-state index < -0.39 is 0 Å². The summed E-state index contributed by atoms with van der Waals surface area (Å²) < 4.78 is 2.41. The van der Waals surface area contributed by atoms with Gasteiger partial charge in [-0.1, -0.05) is 12.8 Å². The molecule has 1 saturated carbocycles. The molecule has 90 valence electrons. The van der Waals surface area contributed by atoms with E-state index in [-0.39, 0.29) is 5.41 Å². The molecule has 0 aromatic carbocycles. The number of hydrogen-bond acceptors (Lipinski definition) is 1. The lowest BCUT2D eigenvalue weighted by Gasteiger charge is -2.27. The molecule has 1 aliphatic carbocycles. The molecule has 0 atom stereocenters.